The van der Waals surface area contributed by atoms with Gasteiger partial charge in [0.25, 0.3) is 11.8 Å². The van der Waals surface area contributed by atoms with Gasteiger partial charge in [0.15, 0.2) is 11.5 Å². The zero-order chi connectivity index (χ0) is 56.0. The average molecular weight is 1300 g/mol. The molecule has 5 aromatic rings. The van der Waals surface area contributed by atoms with Gasteiger partial charge in [0.1, 0.15) is 24.7 Å². The zero-order valence-corrected chi connectivity index (χ0v) is 54.4. The van der Waals surface area contributed by atoms with Crippen molar-refractivity contribution in [1.82, 2.24) is 4.90 Å². The number of amides is 4. The molecule has 16 nitrogen and oxygen atoms in total. The Morgan fingerprint density at radius 2 is 1.22 bits per heavy atom. The number of aryl methyl sites for hydroxylation is 1. The first-order valence-electron chi connectivity index (χ1n) is 27.9. The topological polar surface area (TPSA) is 151 Å². The molecular weight excluding hydrogens is 1220 g/mol. The Bertz CT molecular complexity index is 3150. The van der Waals surface area contributed by atoms with E-state index in [-0.39, 0.29) is 152 Å². The Morgan fingerprint density at radius 3 is 1.80 bits per heavy atom. The molecule has 2 radical (unpaired) electrons. The van der Waals surface area contributed by atoms with E-state index >= 15 is 0 Å². The molecule has 3 atom stereocenters. The summed E-state index contributed by atoms with van der Waals surface area (Å²) in [4.78, 5) is 78.7. The fourth-order valence-corrected chi connectivity index (χ4v) is 12.3. The Kier molecular flexibility index (Phi) is 23.7. The van der Waals surface area contributed by atoms with Crippen molar-refractivity contribution in [1.29, 1.82) is 0 Å². The molecule has 83 heavy (non-hydrogen) atoms. The number of para-hydroxylation sites is 2. The molecule has 5 aliphatic heterocycles. The van der Waals surface area contributed by atoms with Crippen LogP contribution in [0.4, 0.5) is 28.4 Å². The van der Waals surface area contributed by atoms with Crippen LogP contribution in [0, 0.1) is 20.0 Å². The first-order chi connectivity index (χ1) is 38.8. The van der Waals surface area contributed by atoms with Gasteiger partial charge < -0.3 is 48.2 Å². The number of fused-ring (bicyclic) bond motifs is 8. The number of nitrogens with zero attached hydrogens (tertiary/aromatic N) is 6. The number of carbonyl (C=O) groups is 5. The summed E-state index contributed by atoms with van der Waals surface area (Å²) in [7, 11) is 5.51. The van der Waals surface area contributed by atoms with Crippen LogP contribution < -0.4 is 38.7 Å². The molecule has 4 amide bonds. The molecule has 19 heteroatoms. The molecule has 1 fully saturated rings. The second kappa shape index (κ2) is 30.0. The quantitative estimate of drug-likeness (QED) is 0.0310. The Hall–Kier alpha value is -4.87. The van der Waals surface area contributed by atoms with E-state index in [0.29, 0.717) is 92.8 Å². The minimum absolute atomic E-state index is 0. The third kappa shape index (κ3) is 14.7. The molecule has 10 rings (SSSR count). The van der Waals surface area contributed by atoms with E-state index in [2.05, 4.69) is 55.2 Å². The van der Waals surface area contributed by atoms with Gasteiger partial charge >= 0.3 is 0 Å². The van der Waals surface area contributed by atoms with E-state index in [9.17, 15) is 24.0 Å². The van der Waals surface area contributed by atoms with E-state index in [4.69, 9.17) is 23.7 Å². The molecule has 0 aliphatic carbocycles. The predicted octanol–water partition coefficient (Wildman–Crippen LogP) is 10.0. The number of thioether (sulfide) groups is 1. The Labute approximate surface area is 544 Å². The van der Waals surface area contributed by atoms with Gasteiger partial charge in [0.2, 0.25) is 11.8 Å². The van der Waals surface area contributed by atoms with Crippen LogP contribution in [0.1, 0.15) is 101 Å². The number of hydrogen-bond acceptors (Lipinski definition) is 14. The zero-order valence-electron chi connectivity index (χ0n) is 47.9. The Morgan fingerprint density at radius 1 is 0.663 bits per heavy atom. The second-order valence-corrected chi connectivity index (χ2v) is 22.2. The van der Waals surface area contributed by atoms with Gasteiger partial charge in [-0.05, 0) is 130 Å². The molecule has 1 saturated heterocycles. The van der Waals surface area contributed by atoms with Gasteiger partial charge in [-0.1, -0.05) is 62.8 Å². The monoisotopic (exact) mass is 1300 g/mol. The van der Waals surface area contributed by atoms with Crippen molar-refractivity contribution < 1.29 is 113 Å². The summed E-state index contributed by atoms with van der Waals surface area (Å²) in [5, 5.41) is -0.348. The van der Waals surface area contributed by atoms with E-state index in [1.165, 1.54) is 16.7 Å². The summed E-state index contributed by atoms with van der Waals surface area (Å²) >= 11 is 1.38. The number of likely N-dealkylation sites (tertiary alicyclic amines) is 1. The van der Waals surface area contributed by atoms with Crippen LogP contribution in [0.25, 0.3) is 0 Å². The van der Waals surface area contributed by atoms with E-state index < -0.39 is 0 Å². The second-order valence-electron chi connectivity index (χ2n) is 21.2. The van der Waals surface area contributed by atoms with Gasteiger partial charge in [-0.2, -0.15) is 11.8 Å². The number of likely N-dealkylation sites (N-methyl/N-ethyl adjacent to an activating group) is 2. The number of imide groups is 1. The number of carbonyl (C=O) groups excluding carboxylic acids is 5. The summed E-state index contributed by atoms with van der Waals surface area (Å²) < 4.78 is 31.2. The minimum Gasteiger partial charge on any atom is -0.522 e. The van der Waals surface area contributed by atoms with Crippen LogP contribution in [-0.4, -0.2) is 125 Å². The number of methoxy groups -OCH3 is 1. The standard InChI is InChI=1S/C63H72N6O10S.CH4.2Y/c1-7-23-76-25-26-77-24-22-66(20-12-16-49(70)17-13-21-67-60(71)36-59(80-6)63(67)74)46-29-42(39-78-56-34-54-50(27-41(56)2)61(72)68-47(37-64(54)3)31-44-14-8-10-18-52(44)68)28-43(30-46)40-79-58-35-55-51(33-57(58)75-5)62(73)69-48(38-65(55)4)32-45-15-9-11-19-53(45)69;;;/h8-11,14-15,18-19,27-30,33-35,37-38,47-48,59H,7,12-13,16-17,20-26,31-32,36,39-40H2,1-6H3;1H4;;/q-2;;;/t47-,48-,59?;;;/m0.../s1. The van der Waals surface area contributed by atoms with E-state index in [1.54, 1.807) is 13.2 Å². The van der Waals surface area contributed by atoms with Gasteiger partial charge in [0, 0.05) is 151 Å². The van der Waals surface area contributed by atoms with Crippen LogP contribution in [0.3, 0.4) is 0 Å². The number of ketones is 1. The average Bonchev–Trinajstić information content (AvgIpc) is 3.56. The molecule has 1 unspecified atom stereocenters. The van der Waals surface area contributed by atoms with Crippen LogP contribution in [0.2, 0.25) is 0 Å². The number of ether oxygens (including phenoxy) is 5. The van der Waals surface area contributed by atoms with Crippen LogP contribution >= 0.6 is 11.8 Å². The number of rotatable bonds is 25. The molecule has 0 aromatic heterocycles. The van der Waals surface area contributed by atoms with Crippen LogP contribution in [0.5, 0.6) is 17.2 Å². The maximum Gasteiger partial charge on any atom is 0.258 e. The Balaban J connectivity index is 0.00000330. The smallest absolute Gasteiger partial charge is 0.258 e. The van der Waals surface area contributed by atoms with Crippen molar-refractivity contribution in [2.75, 3.05) is 98.0 Å². The summed E-state index contributed by atoms with van der Waals surface area (Å²) in [6.07, 6.45) is 6.00. The first-order valence-corrected chi connectivity index (χ1v) is 29.2. The molecule has 0 spiro atoms. The fourth-order valence-electron chi connectivity index (χ4n) is 11.6. The van der Waals surface area contributed by atoms with E-state index in [1.807, 2.05) is 101 Å². The normalized spacial score (nSPS) is 17.5. The van der Waals surface area contributed by atoms with Gasteiger partial charge in [-0.3, -0.25) is 28.9 Å². The number of Topliss-reactive ketones (excluding diaryl/α,β-unsaturated/α-hetero) is 1. The largest absolute Gasteiger partial charge is 0.522 e. The molecule has 0 saturated carbocycles. The van der Waals surface area contributed by atoms with Gasteiger partial charge in [-0.25, -0.2) is 13.1 Å². The summed E-state index contributed by atoms with van der Waals surface area (Å²) in [5.41, 5.74) is 10.1. The maximum absolute atomic E-state index is 14.4. The fraction of sp³-hybridized carbons (Fsp3) is 0.422. The van der Waals surface area contributed by atoms with Crippen LogP contribution in [0.15, 0.2) is 91.0 Å². The molecule has 5 aliphatic rings. The van der Waals surface area contributed by atoms with Gasteiger partial charge in [-0.15, -0.1) is 0 Å². The van der Waals surface area contributed by atoms with Crippen molar-refractivity contribution in [2.45, 2.75) is 103 Å². The molecule has 0 bridgehead atoms. The number of hydrogen-bond donors (Lipinski definition) is 0. The predicted molar refractivity (Wildman–Crippen MR) is 319 cm³/mol. The summed E-state index contributed by atoms with van der Waals surface area (Å²) in [6.45, 7) is 11.8. The van der Waals surface area contributed by atoms with Crippen molar-refractivity contribution in [3.63, 3.8) is 0 Å². The summed E-state index contributed by atoms with van der Waals surface area (Å²) in [6, 6.07) is 29.6. The third-order valence-electron chi connectivity index (χ3n) is 15.7. The van der Waals surface area contributed by atoms with Crippen molar-refractivity contribution >= 4 is 69.6 Å². The van der Waals surface area contributed by atoms with Crippen LogP contribution in [-0.2, 0) is 115 Å². The van der Waals surface area contributed by atoms with Crippen molar-refractivity contribution in [2.24, 2.45) is 0 Å². The van der Waals surface area contributed by atoms with E-state index in [0.717, 1.165) is 69.8 Å². The molecular formula is C64H76N6O10SY2-2. The molecule has 0 N–H and O–H groups in total. The van der Waals surface area contributed by atoms with Crippen molar-refractivity contribution in [3.05, 3.63) is 143 Å². The molecule has 5 heterocycles. The van der Waals surface area contributed by atoms with Crippen molar-refractivity contribution in [3.8, 4) is 17.2 Å². The number of anilines is 5. The van der Waals surface area contributed by atoms with Gasteiger partial charge in [0.05, 0.1) is 43.3 Å². The third-order valence-corrected chi connectivity index (χ3v) is 16.6. The molecule has 5 aromatic carbocycles. The summed E-state index contributed by atoms with van der Waals surface area (Å²) in [5.74, 6) is 1.12. The molecule has 436 valence electrons. The number of benzene rings is 5. The first kappa shape index (κ1) is 65.7. The SMILES string of the molecule is C.CCCOCCOCCN(CCCC(=O)CCCN1C(=O)CC(SC)C1=O)c1cc(COc2cc3c(cc2C)C(=O)N2c4ccccc4C[C@H]2[CH-]N3C)cc(COc2cc3c(cc2OC)C(=O)N2c4ccccc4C[C@H]2[CH-]N3C)c1.[Y].[Y]. The minimum atomic E-state index is -0.348. The maximum atomic E-state index is 14.4.